The molecule has 0 aromatic heterocycles. The second kappa shape index (κ2) is 9.18. The topological polar surface area (TPSA) is 113 Å². The predicted molar refractivity (Wildman–Crippen MR) is 108 cm³/mol. The number of hydrogen-bond donors (Lipinski definition) is 2. The number of hydrogen-bond acceptors (Lipinski definition) is 5. The summed E-state index contributed by atoms with van der Waals surface area (Å²) in [5.41, 5.74) is 1.39. The zero-order chi connectivity index (χ0) is 20.8. The Morgan fingerprint density at radius 3 is 2.52 bits per heavy atom. The first kappa shape index (κ1) is 20.3. The van der Waals surface area contributed by atoms with Crippen molar-refractivity contribution in [2.75, 3.05) is 11.9 Å². The Hall–Kier alpha value is -3.42. The van der Waals surface area contributed by atoms with Gasteiger partial charge in [0.1, 0.15) is 5.69 Å². The molecule has 1 saturated carbocycles. The van der Waals surface area contributed by atoms with Crippen LogP contribution in [0.4, 0.5) is 11.4 Å². The molecule has 0 saturated heterocycles. The molecule has 8 nitrogen and oxygen atoms in total. The molecule has 2 N–H and O–H groups in total. The van der Waals surface area contributed by atoms with E-state index in [1.54, 1.807) is 12.1 Å². The standard InChI is InChI=1S/C21H23N3O5/c25-20(26)7-4-12-23(14-15-5-2-1-3-6-15)21(27)16-8-11-18(22-17-9-10-17)19(13-16)24(28)29/h1-3,5-6,8,11,13,17,22H,4,7,9-10,12,14H2,(H,25,26). The zero-order valence-corrected chi connectivity index (χ0v) is 15.9. The van der Waals surface area contributed by atoms with E-state index >= 15 is 0 Å². The molecule has 0 aliphatic heterocycles. The molecule has 1 amide bonds. The first-order chi connectivity index (χ1) is 13.9. The van der Waals surface area contributed by atoms with Crippen LogP contribution in [-0.2, 0) is 11.3 Å². The molecule has 0 bridgehead atoms. The van der Waals surface area contributed by atoms with Crippen LogP contribution in [0.15, 0.2) is 48.5 Å². The first-order valence-corrected chi connectivity index (χ1v) is 9.54. The number of nitrogens with zero attached hydrogens (tertiary/aromatic N) is 2. The third-order valence-corrected chi connectivity index (χ3v) is 4.70. The Morgan fingerprint density at radius 2 is 1.90 bits per heavy atom. The molecule has 1 aliphatic rings. The van der Waals surface area contributed by atoms with E-state index in [9.17, 15) is 19.7 Å². The maximum absolute atomic E-state index is 13.1. The summed E-state index contributed by atoms with van der Waals surface area (Å²) in [5, 5.41) is 23.5. The Labute approximate surface area is 168 Å². The highest BCUT2D eigenvalue weighted by Gasteiger charge is 2.26. The Morgan fingerprint density at radius 1 is 1.17 bits per heavy atom. The summed E-state index contributed by atoms with van der Waals surface area (Å²) < 4.78 is 0. The molecular weight excluding hydrogens is 374 g/mol. The zero-order valence-electron chi connectivity index (χ0n) is 15.9. The molecule has 0 radical (unpaired) electrons. The number of nitro benzene ring substituents is 1. The molecule has 1 fully saturated rings. The van der Waals surface area contributed by atoms with Crippen molar-refractivity contribution in [3.05, 3.63) is 69.8 Å². The molecule has 1 aliphatic carbocycles. The van der Waals surface area contributed by atoms with E-state index in [0.717, 1.165) is 18.4 Å². The fraction of sp³-hybridized carbons (Fsp3) is 0.333. The van der Waals surface area contributed by atoms with Crippen LogP contribution in [0, 0.1) is 10.1 Å². The van der Waals surface area contributed by atoms with Crippen LogP contribution in [0.3, 0.4) is 0 Å². The second-order valence-corrected chi connectivity index (χ2v) is 7.12. The molecule has 0 heterocycles. The lowest BCUT2D eigenvalue weighted by molar-refractivity contribution is -0.384. The first-order valence-electron chi connectivity index (χ1n) is 9.54. The summed E-state index contributed by atoms with van der Waals surface area (Å²) in [4.78, 5) is 36.4. The lowest BCUT2D eigenvalue weighted by atomic mass is 10.1. The average Bonchev–Trinajstić information content (AvgIpc) is 3.51. The monoisotopic (exact) mass is 397 g/mol. The number of nitrogens with one attached hydrogen (secondary N) is 1. The minimum Gasteiger partial charge on any atom is -0.481 e. The highest BCUT2D eigenvalue weighted by atomic mass is 16.6. The second-order valence-electron chi connectivity index (χ2n) is 7.12. The van der Waals surface area contributed by atoms with Crippen molar-refractivity contribution in [2.45, 2.75) is 38.3 Å². The van der Waals surface area contributed by atoms with Crippen molar-refractivity contribution in [3.63, 3.8) is 0 Å². The van der Waals surface area contributed by atoms with Crippen LogP contribution in [-0.4, -0.2) is 39.4 Å². The van der Waals surface area contributed by atoms with Crippen molar-refractivity contribution in [1.29, 1.82) is 0 Å². The quantitative estimate of drug-likeness (QED) is 0.467. The fourth-order valence-corrected chi connectivity index (χ4v) is 3.05. The fourth-order valence-electron chi connectivity index (χ4n) is 3.05. The van der Waals surface area contributed by atoms with Gasteiger partial charge >= 0.3 is 5.97 Å². The Bertz CT molecular complexity index is 896. The number of amides is 1. The van der Waals surface area contributed by atoms with Gasteiger partial charge in [0.15, 0.2) is 0 Å². The molecule has 8 heteroatoms. The number of anilines is 1. The molecule has 2 aromatic carbocycles. The summed E-state index contributed by atoms with van der Waals surface area (Å²) in [6.07, 6.45) is 2.21. The van der Waals surface area contributed by atoms with Crippen molar-refractivity contribution in [3.8, 4) is 0 Å². The summed E-state index contributed by atoms with van der Waals surface area (Å²) in [5.74, 6) is -1.29. The van der Waals surface area contributed by atoms with E-state index in [1.807, 2.05) is 30.3 Å². The van der Waals surface area contributed by atoms with Gasteiger partial charge in [0.05, 0.1) is 4.92 Å². The van der Waals surface area contributed by atoms with E-state index in [1.165, 1.54) is 11.0 Å². The van der Waals surface area contributed by atoms with E-state index in [0.29, 0.717) is 18.7 Å². The van der Waals surface area contributed by atoms with Gasteiger partial charge in [-0.3, -0.25) is 19.7 Å². The lowest BCUT2D eigenvalue weighted by Gasteiger charge is -2.23. The van der Waals surface area contributed by atoms with Crippen molar-refractivity contribution < 1.29 is 19.6 Å². The van der Waals surface area contributed by atoms with Crippen LogP contribution in [0.1, 0.15) is 41.6 Å². The van der Waals surface area contributed by atoms with Crippen LogP contribution >= 0.6 is 0 Å². The highest BCUT2D eigenvalue weighted by molar-refractivity contribution is 5.95. The van der Waals surface area contributed by atoms with E-state index in [4.69, 9.17) is 5.11 Å². The summed E-state index contributed by atoms with van der Waals surface area (Å²) in [7, 11) is 0. The SMILES string of the molecule is O=C(O)CCCN(Cc1ccccc1)C(=O)c1ccc(NC2CC2)c([N+](=O)[O-])c1. The van der Waals surface area contributed by atoms with E-state index < -0.39 is 10.9 Å². The molecule has 152 valence electrons. The number of carboxylic acid groups (broad SMARTS) is 1. The van der Waals surface area contributed by atoms with Gasteiger partial charge in [-0.15, -0.1) is 0 Å². The molecule has 2 aromatic rings. The highest BCUT2D eigenvalue weighted by Crippen LogP contribution is 2.32. The number of carbonyl (C=O) groups excluding carboxylic acids is 1. The summed E-state index contributed by atoms with van der Waals surface area (Å²) in [6.45, 7) is 0.547. The van der Waals surface area contributed by atoms with Crippen LogP contribution < -0.4 is 5.32 Å². The Kier molecular flexibility index (Phi) is 6.43. The minimum atomic E-state index is -0.928. The largest absolute Gasteiger partial charge is 0.481 e. The van der Waals surface area contributed by atoms with E-state index in [2.05, 4.69) is 5.32 Å². The molecule has 29 heavy (non-hydrogen) atoms. The van der Waals surface area contributed by atoms with Crippen LogP contribution in [0.25, 0.3) is 0 Å². The smallest absolute Gasteiger partial charge is 0.303 e. The van der Waals surface area contributed by atoms with Gasteiger partial charge in [0.2, 0.25) is 0 Å². The maximum Gasteiger partial charge on any atom is 0.303 e. The van der Waals surface area contributed by atoms with Gasteiger partial charge < -0.3 is 15.3 Å². The van der Waals surface area contributed by atoms with Gasteiger partial charge in [0, 0.05) is 37.2 Å². The molecule has 3 rings (SSSR count). The summed E-state index contributed by atoms with van der Waals surface area (Å²) in [6, 6.07) is 14.0. The lowest BCUT2D eigenvalue weighted by Crippen LogP contribution is -2.32. The number of nitro groups is 1. The Balaban J connectivity index is 1.81. The van der Waals surface area contributed by atoms with Gasteiger partial charge in [-0.05, 0) is 37.0 Å². The normalized spacial score (nSPS) is 13.0. The molecular formula is C21H23N3O5. The van der Waals surface area contributed by atoms with Crippen LogP contribution in [0.5, 0.6) is 0 Å². The third kappa shape index (κ3) is 5.78. The van der Waals surface area contributed by atoms with Gasteiger partial charge in [-0.2, -0.15) is 0 Å². The van der Waals surface area contributed by atoms with Gasteiger partial charge in [-0.25, -0.2) is 0 Å². The number of rotatable bonds is 10. The van der Waals surface area contributed by atoms with Gasteiger partial charge in [-0.1, -0.05) is 30.3 Å². The minimum absolute atomic E-state index is 0.0526. The number of carboxylic acids is 1. The number of carbonyl (C=O) groups is 2. The predicted octanol–water partition coefficient (Wildman–Crippen LogP) is 3.68. The summed E-state index contributed by atoms with van der Waals surface area (Å²) >= 11 is 0. The number of benzene rings is 2. The van der Waals surface area contributed by atoms with Crippen molar-refractivity contribution in [1.82, 2.24) is 4.90 Å². The molecule has 0 atom stereocenters. The van der Waals surface area contributed by atoms with Crippen molar-refractivity contribution >= 4 is 23.3 Å². The number of aliphatic carboxylic acids is 1. The average molecular weight is 397 g/mol. The van der Waals surface area contributed by atoms with Gasteiger partial charge in [0.25, 0.3) is 11.6 Å². The van der Waals surface area contributed by atoms with Crippen molar-refractivity contribution in [2.24, 2.45) is 0 Å². The van der Waals surface area contributed by atoms with Crippen LogP contribution in [0.2, 0.25) is 0 Å². The van der Waals surface area contributed by atoms with E-state index in [-0.39, 0.29) is 36.2 Å². The maximum atomic E-state index is 13.1. The molecule has 0 spiro atoms. The molecule has 0 unspecified atom stereocenters. The third-order valence-electron chi connectivity index (χ3n) is 4.70.